The van der Waals surface area contributed by atoms with Gasteiger partial charge in [-0.05, 0) is 24.6 Å². The Labute approximate surface area is 102 Å². The fourth-order valence-electron chi connectivity index (χ4n) is 1.46. The van der Waals surface area contributed by atoms with Crippen molar-refractivity contribution in [3.63, 3.8) is 0 Å². The number of imidazole rings is 1. The molecule has 0 aliphatic carbocycles. The van der Waals surface area contributed by atoms with Crippen LogP contribution in [0.15, 0.2) is 30.7 Å². The van der Waals surface area contributed by atoms with Crippen molar-refractivity contribution >= 4 is 11.7 Å². The average molecular weight is 234 g/mol. The number of hydroxylamine groups is 1. The predicted molar refractivity (Wildman–Crippen MR) is 69.2 cm³/mol. The Kier molecular flexibility index (Phi) is 5.39. The first-order valence-electron chi connectivity index (χ1n) is 5.77. The Morgan fingerprint density at radius 3 is 2.88 bits per heavy atom. The number of nitrogens with two attached hydrogens (primary N) is 1. The highest BCUT2D eigenvalue weighted by atomic mass is 16.6. The van der Waals surface area contributed by atoms with Gasteiger partial charge in [0, 0.05) is 24.2 Å². The van der Waals surface area contributed by atoms with Crippen LogP contribution in [0, 0.1) is 6.92 Å². The van der Waals surface area contributed by atoms with E-state index in [1.165, 1.54) is 0 Å². The lowest BCUT2D eigenvalue weighted by Crippen LogP contribution is -2.75. The summed E-state index contributed by atoms with van der Waals surface area (Å²) in [5, 5.41) is 0. The molecule has 2 rings (SSSR count). The van der Waals surface area contributed by atoms with E-state index in [0.717, 1.165) is 16.9 Å². The second kappa shape index (κ2) is 6.83. The third-order valence-corrected chi connectivity index (χ3v) is 2.23. The standard InChI is InChI=1S/C11H13N3O.C2H6/c1-9-8-12-11-7-10(3-5-13-15-2)4-6-14(9)11;1-2/h3-8,13H,1-2H3;1-2H3/p+1/b5-3+;. The Morgan fingerprint density at radius 1 is 1.41 bits per heavy atom. The number of aromatic nitrogens is 2. The zero-order chi connectivity index (χ0) is 12.7. The lowest BCUT2D eigenvalue weighted by Gasteiger charge is -1.97. The summed E-state index contributed by atoms with van der Waals surface area (Å²) in [6, 6.07) is 4.08. The van der Waals surface area contributed by atoms with Gasteiger partial charge in [-0.1, -0.05) is 13.8 Å². The molecule has 4 heteroatoms. The van der Waals surface area contributed by atoms with Crippen LogP contribution in [-0.2, 0) is 4.84 Å². The van der Waals surface area contributed by atoms with Gasteiger partial charge in [0.15, 0.2) is 0 Å². The van der Waals surface area contributed by atoms with E-state index in [-0.39, 0.29) is 0 Å². The minimum Gasteiger partial charge on any atom is -0.304 e. The maximum absolute atomic E-state index is 4.82. The molecule has 2 aromatic heterocycles. The molecule has 4 nitrogen and oxygen atoms in total. The number of rotatable bonds is 3. The molecular formula is C13H20N3O+. The summed E-state index contributed by atoms with van der Waals surface area (Å²) in [5.41, 5.74) is 4.86. The fraction of sp³-hybridized carbons (Fsp3) is 0.308. The molecule has 0 spiro atoms. The largest absolute Gasteiger partial charge is 0.304 e. The van der Waals surface area contributed by atoms with Crippen molar-refractivity contribution in [2.75, 3.05) is 7.11 Å². The molecule has 2 heterocycles. The third-order valence-electron chi connectivity index (χ3n) is 2.23. The molecule has 0 aliphatic rings. The van der Waals surface area contributed by atoms with E-state index >= 15 is 0 Å². The van der Waals surface area contributed by atoms with Crippen molar-refractivity contribution in [3.05, 3.63) is 42.0 Å². The molecule has 2 N–H and O–H groups in total. The molecule has 0 saturated carbocycles. The van der Waals surface area contributed by atoms with Gasteiger partial charge in [0.2, 0.25) is 0 Å². The molecule has 17 heavy (non-hydrogen) atoms. The van der Waals surface area contributed by atoms with Crippen molar-refractivity contribution in [2.45, 2.75) is 20.8 Å². The highest BCUT2D eigenvalue weighted by Crippen LogP contribution is 2.09. The van der Waals surface area contributed by atoms with Crippen molar-refractivity contribution in [2.24, 2.45) is 0 Å². The summed E-state index contributed by atoms with van der Waals surface area (Å²) in [7, 11) is 1.63. The van der Waals surface area contributed by atoms with Crippen LogP contribution in [0.1, 0.15) is 25.1 Å². The van der Waals surface area contributed by atoms with Gasteiger partial charge < -0.3 is 4.40 Å². The van der Waals surface area contributed by atoms with E-state index < -0.39 is 0 Å². The quantitative estimate of drug-likeness (QED) is 0.822. The lowest BCUT2D eigenvalue weighted by molar-refractivity contribution is -0.841. The van der Waals surface area contributed by atoms with E-state index in [1.54, 1.807) is 12.6 Å². The van der Waals surface area contributed by atoms with Crippen LogP contribution in [-0.4, -0.2) is 16.5 Å². The maximum atomic E-state index is 4.82. The summed E-state index contributed by atoms with van der Waals surface area (Å²) in [6.07, 6.45) is 7.73. The highest BCUT2D eigenvalue weighted by Gasteiger charge is 1.98. The van der Waals surface area contributed by atoms with Crippen molar-refractivity contribution < 1.29 is 10.3 Å². The first-order chi connectivity index (χ1) is 8.31. The Balaban J connectivity index is 0.000000686. The summed E-state index contributed by atoms with van der Waals surface area (Å²) in [5.74, 6) is 0. The average Bonchev–Trinajstić information content (AvgIpc) is 2.74. The van der Waals surface area contributed by atoms with Gasteiger partial charge in [0.25, 0.3) is 0 Å². The van der Waals surface area contributed by atoms with Gasteiger partial charge in [-0.3, -0.25) is 0 Å². The lowest BCUT2D eigenvalue weighted by atomic mass is 10.2. The number of nitrogens with zero attached hydrogens (tertiary/aromatic N) is 2. The first kappa shape index (κ1) is 13.4. The van der Waals surface area contributed by atoms with Crippen LogP contribution in [0.25, 0.3) is 11.7 Å². The molecule has 0 atom stereocenters. The van der Waals surface area contributed by atoms with Gasteiger partial charge >= 0.3 is 0 Å². The predicted octanol–water partition coefficient (Wildman–Crippen LogP) is 1.76. The van der Waals surface area contributed by atoms with E-state index in [9.17, 15) is 0 Å². The highest BCUT2D eigenvalue weighted by molar-refractivity contribution is 5.55. The van der Waals surface area contributed by atoms with Crippen molar-refractivity contribution in [1.29, 1.82) is 0 Å². The van der Waals surface area contributed by atoms with E-state index in [0.29, 0.717) is 0 Å². The van der Waals surface area contributed by atoms with Crippen LogP contribution < -0.4 is 5.48 Å². The minimum absolute atomic E-state index is 0.965. The van der Waals surface area contributed by atoms with Gasteiger partial charge in [-0.15, -0.1) is 0 Å². The summed E-state index contributed by atoms with van der Waals surface area (Å²) in [4.78, 5) is 9.12. The molecule has 92 valence electrons. The Hall–Kier alpha value is -1.65. The third kappa shape index (κ3) is 3.41. The second-order valence-corrected chi connectivity index (χ2v) is 3.32. The Morgan fingerprint density at radius 2 is 2.18 bits per heavy atom. The maximum Gasteiger partial charge on any atom is 0.137 e. The molecule has 0 fully saturated rings. The van der Waals surface area contributed by atoms with Crippen LogP contribution in [0.4, 0.5) is 0 Å². The number of fused-ring (bicyclic) bond motifs is 1. The second-order valence-electron chi connectivity index (χ2n) is 3.32. The van der Waals surface area contributed by atoms with Crippen LogP contribution in [0.2, 0.25) is 0 Å². The van der Waals surface area contributed by atoms with Gasteiger partial charge in [0.1, 0.15) is 11.8 Å². The molecule has 0 aliphatic heterocycles. The number of pyridine rings is 1. The number of aryl methyl sites for hydroxylation is 1. The van der Waals surface area contributed by atoms with Crippen molar-refractivity contribution in [1.82, 2.24) is 9.38 Å². The van der Waals surface area contributed by atoms with Crippen LogP contribution in [0.3, 0.4) is 0 Å². The van der Waals surface area contributed by atoms with E-state index in [2.05, 4.69) is 9.38 Å². The molecular weight excluding hydrogens is 214 g/mol. The summed E-state index contributed by atoms with van der Waals surface area (Å²) < 4.78 is 2.05. The summed E-state index contributed by atoms with van der Waals surface area (Å²) >= 11 is 0. The van der Waals surface area contributed by atoms with Crippen molar-refractivity contribution in [3.8, 4) is 0 Å². The smallest absolute Gasteiger partial charge is 0.137 e. The minimum atomic E-state index is 0.965. The van der Waals surface area contributed by atoms with Gasteiger partial charge in [-0.2, -0.15) is 5.48 Å². The topological polar surface area (TPSA) is 43.1 Å². The zero-order valence-electron chi connectivity index (χ0n) is 10.8. The van der Waals surface area contributed by atoms with Crippen LogP contribution >= 0.6 is 0 Å². The summed E-state index contributed by atoms with van der Waals surface area (Å²) in [6.45, 7) is 6.04. The van der Waals surface area contributed by atoms with Gasteiger partial charge in [0.05, 0.1) is 7.11 Å². The van der Waals surface area contributed by atoms with E-state index in [4.69, 9.17) is 4.84 Å². The zero-order valence-corrected chi connectivity index (χ0v) is 10.8. The normalized spacial score (nSPS) is 10.6. The number of quaternary nitrogens is 1. The molecule has 0 unspecified atom stereocenters. The van der Waals surface area contributed by atoms with E-state index in [1.807, 2.05) is 57.6 Å². The Bertz CT molecular complexity index is 488. The molecule has 0 aromatic carbocycles. The molecule has 0 amide bonds. The molecule has 0 bridgehead atoms. The molecule has 2 aromatic rings. The van der Waals surface area contributed by atoms with Crippen LogP contribution in [0.5, 0.6) is 0 Å². The number of hydrogen-bond donors (Lipinski definition) is 1. The molecule has 0 saturated heterocycles. The monoisotopic (exact) mass is 234 g/mol. The van der Waals surface area contributed by atoms with Gasteiger partial charge in [-0.25, -0.2) is 9.82 Å². The number of hydrogen-bond acceptors (Lipinski definition) is 2. The molecule has 0 radical (unpaired) electrons. The fourth-order valence-corrected chi connectivity index (χ4v) is 1.46. The SMILES string of the molecule is CC.CO[NH2+]/C=C/c1ccn2c(C)cnc2c1. The first-order valence-corrected chi connectivity index (χ1v) is 5.77.